The van der Waals surface area contributed by atoms with Crippen LogP contribution in [0.5, 0.6) is 0 Å². The van der Waals surface area contributed by atoms with Gasteiger partial charge in [-0.25, -0.2) is 9.97 Å². The van der Waals surface area contributed by atoms with Gasteiger partial charge >= 0.3 is 0 Å². The van der Waals surface area contributed by atoms with Crippen LogP contribution in [0.25, 0.3) is 0 Å². The first-order valence-electron chi connectivity index (χ1n) is 9.32. The number of hydrogen-bond donors (Lipinski definition) is 1. The highest BCUT2D eigenvalue weighted by molar-refractivity contribution is 14.0. The molecule has 160 valence electrons. The van der Waals surface area contributed by atoms with Crippen molar-refractivity contribution in [1.82, 2.24) is 29.3 Å². The molecular weight excluding hydrogens is 485 g/mol. The van der Waals surface area contributed by atoms with Gasteiger partial charge in [0.25, 0.3) is 5.56 Å². The number of guanidine groups is 1. The molecule has 0 aliphatic carbocycles. The van der Waals surface area contributed by atoms with Crippen molar-refractivity contribution in [3.63, 3.8) is 0 Å². The summed E-state index contributed by atoms with van der Waals surface area (Å²) in [7, 11) is 9.50. The molecule has 1 fully saturated rings. The molecule has 0 unspecified atom stereocenters. The Balaban J connectivity index is 0.00000300. The van der Waals surface area contributed by atoms with E-state index >= 15 is 0 Å². The van der Waals surface area contributed by atoms with Gasteiger partial charge in [-0.15, -0.1) is 24.0 Å². The zero-order chi connectivity index (χ0) is 20.3. The van der Waals surface area contributed by atoms with Crippen LogP contribution in [-0.4, -0.2) is 77.3 Å². The van der Waals surface area contributed by atoms with Crippen LogP contribution >= 0.6 is 24.0 Å². The summed E-state index contributed by atoms with van der Waals surface area (Å²) in [5.41, 5.74) is 1.02. The molecule has 1 N–H and O–H groups in total. The maximum Gasteiger partial charge on any atom is 0.293 e. The summed E-state index contributed by atoms with van der Waals surface area (Å²) >= 11 is 0. The lowest BCUT2D eigenvalue weighted by Gasteiger charge is -2.36. The minimum atomic E-state index is -0.0636. The molecule has 0 amide bonds. The zero-order valence-electron chi connectivity index (χ0n) is 17.7. The molecule has 0 atom stereocenters. The average Bonchev–Trinajstić information content (AvgIpc) is 3.06. The number of piperazine rings is 1. The van der Waals surface area contributed by atoms with Gasteiger partial charge in [0.15, 0.2) is 11.8 Å². The van der Waals surface area contributed by atoms with Gasteiger partial charge in [0.1, 0.15) is 0 Å². The Morgan fingerprint density at radius 1 is 1.21 bits per heavy atom. The number of hydrogen-bond acceptors (Lipinski definition) is 6. The summed E-state index contributed by atoms with van der Waals surface area (Å²) in [5, 5.41) is 3.42. The van der Waals surface area contributed by atoms with Crippen molar-refractivity contribution in [2.24, 2.45) is 19.1 Å². The largest absolute Gasteiger partial charge is 0.351 e. The minimum absolute atomic E-state index is 0. The molecule has 0 saturated carbocycles. The van der Waals surface area contributed by atoms with Gasteiger partial charge in [0, 0.05) is 73.8 Å². The highest BCUT2D eigenvalue weighted by Gasteiger charge is 2.22. The van der Waals surface area contributed by atoms with Crippen LogP contribution in [0.1, 0.15) is 5.69 Å². The molecule has 2 aromatic rings. The van der Waals surface area contributed by atoms with Crippen molar-refractivity contribution in [2.45, 2.75) is 6.54 Å². The van der Waals surface area contributed by atoms with Crippen molar-refractivity contribution in [3.05, 3.63) is 34.6 Å². The lowest BCUT2D eigenvalue weighted by atomic mass is 10.3. The summed E-state index contributed by atoms with van der Waals surface area (Å²) in [6.45, 7) is 3.64. The fraction of sp³-hybridized carbons (Fsp3) is 0.556. The second kappa shape index (κ2) is 9.94. The average molecular weight is 515 g/mol. The number of anilines is 2. The van der Waals surface area contributed by atoms with E-state index in [9.17, 15) is 4.79 Å². The number of aryl methyl sites for hydroxylation is 1. The molecule has 0 aromatic carbocycles. The first kappa shape index (κ1) is 23.0. The van der Waals surface area contributed by atoms with E-state index in [1.54, 1.807) is 31.1 Å². The van der Waals surface area contributed by atoms with Gasteiger partial charge < -0.3 is 29.2 Å². The number of imidazole rings is 1. The molecule has 0 radical (unpaired) electrons. The van der Waals surface area contributed by atoms with E-state index in [0.29, 0.717) is 12.4 Å². The summed E-state index contributed by atoms with van der Waals surface area (Å²) in [5.74, 6) is 2.28. The number of aliphatic imine (C=N–C) groups is 1. The highest BCUT2D eigenvalue weighted by Crippen LogP contribution is 2.12. The lowest BCUT2D eigenvalue weighted by molar-refractivity contribution is 0.370. The van der Waals surface area contributed by atoms with Crippen molar-refractivity contribution in [2.75, 3.05) is 57.1 Å². The summed E-state index contributed by atoms with van der Waals surface area (Å²) in [6, 6.07) is 0. The van der Waals surface area contributed by atoms with E-state index in [-0.39, 0.29) is 29.5 Å². The predicted molar refractivity (Wildman–Crippen MR) is 126 cm³/mol. The summed E-state index contributed by atoms with van der Waals surface area (Å²) in [4.78, 5) is 31.6. The Hall–Kier alpha value is -2.31. The Labute approximate surface area is 188 Å². The SMILES string of the molecule is CN=C(NCc1cnc(N(C)C)n1C)N1CCN(c2nccn(C)c2=O)CC1.I. The van der Waals surface area contributed by atoms with E-state index in [0.717, 1.165) is 43.8 Å². The normalized spacial score (nSPS) is 14.6. The standard InChI is InChI=1S/C18H29N9O.HI/c1-19-17(21-12-14-13-22-18(23(2)3)25(14)5)27-10-8-26(9-11-27)15-16(28)24(4)7-6-20-15;/h6-7,13H,8-12H2,1-5H3,(H,19,21);1H. The van der Waals surface area contributed by atoms with Gasteiger partial charge in [0.2, 0.25) is 5.95 Å². The number of nitrogens with zero attached hydrogens (tertiary/aromatic N) is 8. The summed E-state index contributed by atoms with van der Waals surface area (Å²) < 4.78 is 3.63. The first-order valence-corrected chi connectivity index (χ1v) is 9.32. The minimum Gasteiger partial charge on any atom is -0.351 e. The van der Waals surface area contributed by atoms with Gasteiger partial charge in [-0.1, -0.05) is 0 Å². The highest BCUT2D eigenvalue weighted by atomic mass is 127. The molecule has 0 spiro atoms. The van der Waals surface area contributed by atoms with Crippen LogP contribution in [0.2, 0.25) is 0 Å². The van der Waals surface area contributed by atoms with E-state index in [2.05, 4.69) is 29.7 Å². The first-order chi connectivity index (χ1) is 13.4. The molecule has 1 saturated heterocycles. The van der Waals surface area contributed by atoms with Crippen LogP contribution in [0.15, 0.2) is 28.4 Å². The topological polar surface area (TPSA) is 86.8 Å². The molecular formula is C18H30IN9O. The Morgan fingerprint density at radius 2 is 1.90 bits per heavy atom. The van der Waals surface area contributed by atoms with Crippen molar-refractivity contribution in [1.29, 1.82) is 0 Å². The van der Waals surface area contributed by atoms with Gasteiger partial charge in [-0.2, -0.15) is 0 Å². The van der Waals surface area contributed by atoms with Crippen LogP contribution in [-0.2, 0) is 20.6 Å². The Morgan fingerprint density at radius 3 is 2.48 bits per heavy atom. The van der Waals surface area contributed by atoms with Gasteiger partial charge in [-0.05, 0) is 0 Å². The molecule has 11 heteroatoms. The molecule has 1 aliphatic heterocycles. The maximum atomic E-state index is 12.3. The van der Waals surface area contributed by atoms with E-state index in [1.807, 2.05) is 37.1 Å². The van der Waals surface area contributed by atoms with Crippen molar-refractivity contribution in [3.8, 4) is 0 Å². The van der Waals surface area contributed by atoms with E-state index in [4.69, 9.17) is 0 Å². The number of nitrogens with one attached hydrogen (secondary N) is 1. The second-order valence-corrected chi connectivity index (χ2v) is 7.04. The fourth-order valence-corrected chi connectivity index (χ4v) is 3.35. The molecule has 10 nitrogen and oxygen atoms in total. The Bertz CT molecular complexity index is 897. The van der Waals surface area contributed by atoms with E-state index in [1.165, 1.54) is 0 Å². The zero-order valence-corrected chi connectivity index (χ0v) is 20.0. The van der Waals surface area contributed by atoms with Gasteiger partial charge in [0.05, 0.1) is 18.4 Å². The quantitative estimate of drug-likeness (QED) is 0.351. The third kappa shape index (κ3) is 5.00. The Kier molecular flexibility index (Phi) is 7.88. The lowest BCUT2D eigenvalue weighted by Crippen LogP contribution is -2.53. The van der Waals surface area contributed by atoms with Crippen LogP contribution < -0.4 is 20.7 Å². The summed E-state index contributed by atoms with van der Waals surface area (Å²) in [6.07, 6.45) is 5.22. The predicted octanol–water partition coefficient (Wildman–Crippen LogP) is 0.0954. The van der Waals surface area contributed by atoms with Crippen LogP contribution in [0, 0.1) is 0 Å². The van der Waals surface area contributed by atoms with Crippen molar-refractivity contribution < 1.29 is 0 Å². The second-order valence-electron chi connectivity index (χ2n) is 7.04. The molecule has 2 aromatic heterocycles. The number of halogens is 1. The van der Waals surface area contributed by atoms with Crippen molar-refractivity contribution >= 4 is 41.7 Å². The third-order valence-electron chi connectivity index (χ3n) is 4.98. The molecule has 29 heavy (non-hydrogen) atoms. The molecule has 1 aliphatic rings. The fourth-order valence-electron chi connectivity index (χ4n) is 3.35. The van der Waals surface area contributed by atoms with Gasteiger partial charge in [-0.3, -0.25) is 9.79 Å². The van der Waals surface area contributed by atoms with Crippen LogP contribution in [0.4, 0.5) is 11.8 Å². The van der Waals surface area contributed by atoms with Crippen LogP contribution in [0.3, 0.4) is 0 Å². The smallest absolute Gasteiger partial charge is 0.293 e. The maximum absolute atomic E-state index is 12.3. The molecule has 3 rings (SSSR count). The number of rotatable bonds is 4. The third-order valence-corrected chi connectivity index (χ3v) is 4.98. The monoisotopic (exact) mass is 515 g/mol. The number of aromatic nitrogens is 4. The molecule has 3 heterocycles. The molecule has 0 bridgehead atoms. The van der Waals surface area contributed by atoms with E-state index < -0.39 is 0 Å².